The zero-order valence-corrected chi connectivity index (χ0v) is 8.84. The predicted molar refractivity (Wildman–Crippen MR) is 55.4 cm³/mol. The molecule has 7 nitrogen and oxygen atoms in total. The fourth-order valence-electron chi connectivity index (χ4n) is 1.18. The summed E-state index contributed by atoms with van der Waals surface area (Å²) >= 11 is 0. The number of rotatable bonds is 3. The Morgan fingerprint density at radius 3 is 2.76 bits per heavy atom. The molecule has 0 unspecified atom stereocenters. The number of phenolic OH excluding ortho intramolecular Hbond substituents is 1. The molecule has 0 aliphatic heterocycles. The van der Waals surface area contributed by atoms with Crippen LogP contribution in [0.4, 0.5) is 5.69 Å². The number of ether oxygens (including phenoxy) is 1. The minimum absolute atomic E-state index is 0.107. The average Bonchev–Trinajstić information content (AvgIpc) is 2.29. The number of hydrogen-bond donors (Lipinski definition) is 1. The van der Waals surface area contributed by atoms with Crippen LogP contribution in [0.1, 0.15) is 22.8 Å². The van der Waals surface area contributed by atoms with Gasteiger partial charge in [0.1, 0.15) is 11.6 Å². The first kappa shape index (κ1) is 12.4. The minimum atomic E-state index is -0.876. The summed E-state index contributed by atoms with van der Waals surface area (Å²) in [6.45, 7) is 1.69. The Morgan fingerprint density at radius 2 is 2.29 bits per heavy atom. The van der Waals surface area contributed by atoms with Gasteiger partial charge in [-0.05, 0) is 13.0 Å². The van der Waals surface area contributed by atoms with E-state index in [-0.39, 0.29) is 17.7 Å². The quantitative estimate of drug-likeness (QED) is 0.481. The second-order valence-electron chi connectivity index (χ2n) is 2.98. The van der Waals surface area contributed by atoms with Crippen molar-refractivity contribution < 1.29 is 19.6 Å². The number of aromatic hydroxyl groups is 1. The Labute approximate surface area is 96.0 Å². The highest BCUT2D eigenvalue weighted by molar-refractivity contribution is 5.91. The van der Waals surface area contributed by atoms with Crippen LogP contribution in [0.25, 0.3) is 0 Å². The summed E-state index contributed by atoms with van der Waals surface area (Å²) in [5.74, 6) is -1.54. The number of nitrogens with zero attached hydrogens (tertiary/aromatic N) is 2. The minimum Gasteiger partial charge on any atom is -0.501 e. The molecule has 0 saturated carbocycles. The van der Waals surface area contributed by atoms with Crippen LogP contribution in [0.3, 0.4) is 0 Å². The van der Waals surface area contributed by atoms with E-state index in [1.54, 1.807) is 13.0 Å². The van der Waals surface area contributed by atoms with Gasteiger partial charge in [0.05, 0.1) is 17.1 Å². The molecule has 0 bridgehead atoms. The maximum atomic E-state index is 11.4. The Hall–Kier alpha value is -2.62. The molecule has 0 heterocycles. The van der Waals surface area contributed by atoms with Crippen LogP contribution in [0.5, 0.6) is 5.75 Å². The molecule has 0 fully saturated rings. The molecule has 1 aromatic carbocycles. The van der Waals surface area contributed by atoms with E-state index in [0.717, 1.165) is 12.1 Å². The molecule has 0 saturated heterocycles. The summed E-state index contributed by atoms with van der Waals surface area (Å²) in [4.78, 5) is 21.1. The molecule has 0 spiro atoms. The molecule has 0 aromatic heterocycles. The third-order valence-corrected chi connectivity index (χ3v) is 1.92. The normalized spacial score (nSPS) is 9.41. The van der Waals surface area contributed by atoms with Crippen molar-refractivity contribution in [2.24, 2.45) is 0 Å². The Kier molecular flexibility index (Phi) is 3.62. The first-order valence-corrected chi connectivity index (χ1v) is 4.59. The van der Waals surface area contributed by atoms with Crippen LogP contribution in [0, 0.1) is 21.4 Å². The van der Waals surface area contributed by atoms with Gasteiger partial charge in [-0.3, -0.25) is 10.1 Å². The maximum absolute atomic E-state index is 11.4. The van der Waals surface area contributed by atoms with Crippen molar-refractivity contribution in [1.29, 1.82) is 5.26 Å². The van der Waals surface area contributed by atoms with E-state index in [1.807, 2.05) is 0 Å². The van der Waals surface area contributed by atoms with Gasteiger partial charge in [0.25, 0.3) is 0 Å². The van der Waals surface area contributed by atoms with Crippen LogP contribution in [-0.2, 0) is 4.74 Å². The molecule has 0 aliphatic rings. The highest BCUT2D eigenvalue weighted by Gasteiger charge is 2.22. The van der Waals surface area contributed by atoms with E-state index in [0.29, 0.717) is 0 Å². The second-order valence-corrected chi connectivity index (χ2v) is 2.98. The molecule has 0 atom stereocenters. The van der Waals surface area contributed by atoms with Gasteiger partial charge < -0.3 is 9.84 Å². The number of esters is 1. The number of phenols is 1. The standard InChI is InChI=1S/C10H8N2O5/c1-2-17-10(14)6-3-7(5-11)9(13)8(4-6)12(15)16/h3-4,13H,2H2,1H3. The molecule has 0 amide bonds. The van der Waals surface area contributed by atoms with E-state index >= 15 is 0 Å². The second kappa shape index (κ2) is 4.94. The first-order chi connectivity index (χ1) is 8.01. The van der Waals surface area contributed by atoms with Crippen molar-refractivity contribution in [2.75, 3.05) is 6.61 Å². The Balaban J connectivity index is 3.36. The third kappa shape index (κ3) is 2.49. The van der Waals surface area contributed by atoms with Gasteiger partial charge in [-0.15, -0.1) is 0 Å². The number of nitro groups is 1. The van der Waals surface area contributed by atoms with Crippen molar-refractivity contribution in [3.8, 4) is 11.8 Å². The number of carbonyl (C=O) groups is 1. The zero-order chi connectivity index (χ0) is 13.0. The fraction of sp³-hybridized carbons (Fsp3) is 0.200. The lowest BCUT2D eigenvalue weighted by Gasteiger charge is -2.03. The number of hydrogen-bond acceptors (Lipinski definition) is 6. The lowest BCUT2D eigenvalue weighted by molar-refractivity contribution is -0.385. The number of nitriles is 1. The summed E-state index contributed by atoms with van der Waals surface area (Å²) in [5, 5.41) is 28.7. The maximum Gasteiger partial charge on any atom is 0.338 e. The number of carbonyl (C=O) groups excluding carboxylic acids is 1. The lowest BCUT2D eigenvalue weighted by atomic mass is 10.1. The van der Waals surface area contributed by atoms with Crippen LogP contribution in [-0.4, -0.2) is 22.6 Å². The SMILES string of the molecule is CCOC(=O)c1cc(C#N)c(O)c([N+](=O)[O-])c1. The molecule has 17 heavy (non-hydrogen) atoms. The van der Waals surface area contributed by atoms with Gasteiger partial charge in [-0.25, -0.2) is 4.79 Å². The summed E-state index contributed by atoms with van der Waals surface area (Å²) < 4.78 is 4.65. The monoisotopic (exact) mass is 236 g/mol. The smallest absolute Gasteiger partial charge is 0.338 e. The van der Waals surface area contributed by atoms with Crippen molar-refractivity contribution in [3.05, 3.63) is 33.4 Å². The number of benzene rings is 1. The van der Waals surface area contributed by atoms with Crippen LogP contribution in [0.2, 0.25) is 0 Å². The van der Waals surface area contributed by atoms with Crippen molar-refractivity contribution in [2.45, 2.75) is 6.92 Å². The van der Waals surface area contributed by atoms with Gasteiger partial charge in [-0.2, -0.15) is 5.26 Å². The van der Waals surface area contributed by atoms with Crippen molar-refractivity contribution in [1.82, 2.24) is 0 Å². The average molecular weight is 236 g/mol. The molecular weight excluding hydrogens is 228 g/mol. The van der Waals surface area contributed by atoms with Gasteiger partial charge in [-0.1, -0.05) is 0 Å². The molecule has 7 heteroatoms. The topological polar surface area (TPSA) is 113 Å². The van der Waals surface area contributed by atoms with E-state index in [9.17, 15) is 20.0 Å². The molecule has 88 valence electrons. The number of nitro benzene ring substituents is 1. The van der Waals surface area contributed by atoms with Gasteiger partial charge in [0.2, 0.25) is 5.75 Å². The third-order valence-electron chi connectivity index (χ3n) is 1.92. The molecule has 0 aliphatic carbocycles. The molecular formula is C10H8N2O5. The highest BCUT2D eigenvalue weighted by atomic mass is 16.6. The predicted octanol–water partition coefficient (Wildman–Crippen LogP) is 1.35. The van der Waals surface area contributed by atoms with E-state index in [1.165, 1.54) is 0 Å². The summed E-state index contributed by atoms with van der Waals surface area (Å²) in [7, 11) is 0. The Bertz CT molecular complexity index is 518. The van der Waals surface area contributed by atoms with Gasteiger partial charge >= 0.3 is 11.7 Å². The van der Waals surface area contributed by atoms with Crippen molar-refractivity contribution >= 4 is 11.7 Å². The molecule has 0 radical (unpaired) electrons. The van der Waals surface area contributed by atoms with Crippen LogP contribution in [0.15, 0.2) is 12.1 Å². The molecule has 1 aromatic rings. The van der Waals surface area contributed by atoms with Gasteiger partial charge in [0.15, 0.2) is 0 Å². The van der Waals surface area contributed by atoms with Gasteiger partial charge in [0, 0.05) is 6.07 Å². The largest absolute Gasteiger partial charge is 0.501 e. The van der Waals surface area contributed by atoms with E-state index in [2.05, 4.69) is 4.74 Å². The molecule has 1 N–H and O–H groups in total. The van der Waals surface area contributed by atoms with Crippen LogP contribution < -0.4 is 0 Å². The molecule has 1 rings (SSSR count). The van der Waals surface area contributed by atoms with E-state index < -0.39 is 22.3 Å². The highest BCUT2D eigenvalue weighted by Crippen LogP contribution is 2.30. The fourth-order valence-corrected chi connectivity index (χ4v) is 1.18. The Morgan fingerprint density at radius 1 is 1.65 bits per heavy atom. The summed E-state index contributed by atoms with van der Waals surface area (Å²) in [6, 6.07) is 3.48. The van der Waals surface area contributed by atoms with E-state index in [4.69, 9.17) is 5.26 Å². The van der Waals surface area contributed by atoms with Crippen molar-refractivity contribution in [3.63, 3.8) is 0 Å². The lowest BCUT2D eigenvalue weighted by Crippen LogP contribution is -2.06. The summed E-state index contributed by atoms with van der Waals surface area (Å²) in [6.07, 6.45) is 0. The first-order valence-electron chi connectivity index (χ1n) is 4.59. The zero-order valence-electron chi connectivity index (χ0n) is 8.84. The van der Waals surface area contributed by atoms with Crippen LogP contribution >= 0.6 is 0 Å². The summed E-state index contributed by atoms with van der Waals surface area (Å²) in [5.41, 5.74) is -1.19.